The fraction of sp³-hybridized carbons (Fsp3) is 0.350. The summed E-state index contributed by atoms with van der Waals surface area (Å²) in [6.45, 7) is 0.950. The van der Waals surface area contributed by atoms with Gasteiger partial charge in [-0.1, -0.05) is 30.3 Å². The number of methoxy groups -OCH3 is 1. The van der Waals surface area contributed by atoms with Crippen molar-refractivity contribution in [2.75, 3.05) is 20.3 Å². The van der Waals surface area contributed by atoms with Crippen molar-refractivity contribution in [1.82, 2.24) is 5.32 Å². The average molecular weight is 325 g/mol. The van der Waals surface area contributed by atoms with Gasteiger partial charge in [-0.3, -0.25) is 4.79 Å². The number of hydrogen-bond donors (Lipinski definition) is 1. The summed E-state index contributed by atoms with van der Waals surface area (Å²) < 4.78 is 10.8. The number of rotatable bonds is 8. The van der Waals surface area contributed by atoms with Gasteiger partial charge in [-0.2, -0.15) is 0 Å². The van der Waals surface area contributed by atoms with Gasteiger partial charge in [0.25, 0.3) is 0 Å². The van der Waals surface area contributed by atoms with Crippen molar-refractivity contribution >= 4 is 5.91 Å². The maximum atomic E-state index is 12.5. The highest BCUT2D eigenvalue weighted by Gasteiger charge is 2.36. The lowest BCUT2D eigenvalue weighted by molar-refractivity contribution is -0.123. The van der Waals surface area contributed by atoms with Crippen LogP contribution in [-0.2, 0) is 4.79 Å². The Labute approximate surface area is 142 Å². The zero-order valence-electron chi connectivity index (χ0n) is 13.9. The van der Waals surface area contributed by atoms with Crippen LogP contribution in [0, 0.1) is 5.92 Å². The normalized spacial score (nSPS) is 14.7. The number of benzene rings is 2. The molecule has 24 heavy (non-hydrogen) atoms. The summed E-state index contributed by atoms with van der Waals surface area (Å²) in [5.74, 6) is 2.11. The molecule has 4 nitrogen and oxygen atoms in total. The molecule has 1 atom stereocenters. The average Bonchev–Trinajstić information content (AvgIpc) is 3.45. The van der Waals surface area contributed by atoms with E-state index in [2.05, 4.69) is 5.32 Å². The van der Waals surface area contributed by atoms with Crippen LogP contribution in [0.4, 0.5) is 0 Å². The third-order valence-corrected chi connectivity index (χ3v) is 4.26. The molecule has 126 valence electrons. The first kappa shape index (κ1) is 16.4. The smallest absolute Gasteiger partial charge is 0.227 e. The van der Waals surface area contributed by atoms with Gasteiger partial charge in [0, 0.05) is 0 Å². The van der Waals surface area contributed by atoms with Crippen LogP contribution in [0.1, 0.15) is 24.3 Å². The highest BCUT2D eigenvalue weighted by Crippen LogP contribution is 2.42. The van der Waals surface area contributed by atoms with Gasteiger partial charge in [-0.15, -0.1) is 0 Å². The first-order valence-electron chi connectivity index (χ1n) is 8.37. The molecule has 2 aromatic carbocycles. The van der Waals surface area contributed by atoms with Gasteiger partial charge < -0.3 is 14.8 Å². The van der Waals surface area contributed by atoms with Crippen LogP contribution in [-0.4, -0.2) is 26.2 Å². The minimum Gasteiger partial charge on any atom is -0.497 e. The number of ether oxygens (including phenoxy) is 2. The fourth-order valence-electron chi connectivity index (χ4n) is 2.85. The molecule has 0 bridgehead atoms. The van der Waals surface area contributed by atoms with Crippen molar-refractivity contribution in [3.63, 3.8) is 0 Å². The molecule has 0 aromatic heterocycles. The second-order valence-electron chi connectivity index (χ2n) is 6.04. The predicted octanol–water partition coefficient (Wildman–Crippen LogP) is 3.38. The summed E-state index contributed by atoms with van der Waals surface area (Å²) in [7, 11) is 1.63. The first-order chi connectivity index (χ1) is 11.8. The molecule has 3 rings (SSSR count). The Morgan fingerprint density at radius 3 is 2.38 bits per heavy atom. The Kier molecular flexibility index (Phi) is 5.36. The van der Waals surface area contributed by atoms with Gasteiger partial charge in [-0.25, -0.2) is 0 Å². The molecule has 2 aromatic rings. The molecule has 0 spiro atoms. The summed E-state index contributed by atoms with van der Waals surface area (Å²) in [5, 5.41) is 3.01. The zero-order valence-corrected chi connectivity index (χ0v) is 13.9. The molecule has 0 heterocycles. The van der Waals surface area contributed by atoms with Gasteiger partial charge >= 0.3 is 0 Å². The molecular formula is C20H23NO3. The summed E-state index contributed by atoms with van der Waals surface area (Å²) >= 11 is 0. The Hall–Kier alpha value is -2.49. The minimum absolute atomic E-state index is 0.0350. The van der Waals surface area contributed by atoms with Gasteiger partial charge in [0.2, 0.25) is 5.91 Å². The van der Waals surface area contributed by atoms with Crippen molar-refractivity contribution in [1.29, 1.82) is 0 Å². The third kappa shape index (κ3) is 4.28. The number of amides is 1. The van der Waals surface area contributed by atoms with Crippen molar-refractivity contribution < 1.29 is 14.3 Å². The standard InChI is InChI=1S/C20H23NO3/c1-23-17-9-11-18(12-10-17)24-14-13-21-20(22)19(16-7-8-16)15-5-3-2-4-6-15/h2-6,9-12,16,19H,7-8,13-14H2,1H3,(H,21,22). The van der Waals surface area contributed by atoms with Crippen molar-refractivity contribution in [3.8, 4) is 11.5 Å². The largest absolute Gasteiger partial charge is 0.497 e. The van der Waals surface area contributed by atoms with E-state index in [1.807, 2.05) is 54.6 Å². The Morgan fingerprint density at radius 2 is 1.75 bits per heavy atom. The van der Waals surface area contributed by atoms with Crippen LogP contribution in [0.2, 0.25) is 0 Å². The molecule has 1 N–H and O–H groups in total. The maximum Gasteiger partial charge on any atom is 0.227 e. The number of hydrogen-bond acceptors (Lipinski definition) is 3. The van der Waals surface area contributed by atoms with Crippen molar-refractivity contribution in [2.24, 2.45) is 5.92 Å². The minimum atomic E-state index is -0.0350. The first-order valence-corrected chi connectivity index (χ1v) is 8.37. The van der Waals surface area contributed by atoms with Crippen LogP contribution in [0.3, 0.4) is 0 Å². The fourth-order valence-corrected chi connectivity index (χ4v) is 2.85. The molecular weight excluding hydrogens is 302 g/mol. The number of carbonyl (C=O) groups excluding carboxylic acids is 1. The monoisotopic (exact) mass is 325 g/mol. The van der Waals surface area contributed by atoms with Crippen LogP contribution >= 0.6 is 0 Å². The van der Waals surface area contributed by atoms with E-state index < -0.39 is 0 Å². The summed E-state index contributed by atoms with van der Waals surface area (Å²) in [4.78, 5) is 12.5. The second-order valence-corrected chi connectivity index (χ2v) is 6.04. The van der Waals surface area contributed by atoms with E-state index in [9.17, 15) is 4.79 Å². The lowest BCUT2D eigenvalue weighted by Gasteiger charge is -2.17. The molecule has 1 fully saturated rings. The van der Waals surface area contributed by atoms with Gasteiger partial charge in [0.05, 0.1) is 19.6 Å². The van der Waals surface area contributed by atoms with E-state index in [0.29, 0.717) is 19.1 Å². The lowest BCUT2D eigenvalue weighted by Crippen LogP contribution is -2.33. The molecule has 1 amide bonds. The summed E-state index contributed by atoms with van der Waals surface area (Å²) in [6, 6.07) is 17.5. The van der Waals surface area contributed by atoms with Crippen molar-refractivity contribution in [2.45, 2.75) is 18.8 Å². The summed E-state index contributed by atoms with van der Waals surface area (Å²) in [5.41, 5.74) is 1.11. The third-order valence-electron chi connectivity index (χ3n) is 4.26. The van der Waals surface area contributed by atoms with Crippen LogP contribution in [0.5, 0.6) is 11.5 Å². The SMILES string of the molecule is COc1ccc(OCCNC(=O)C(c2ccccc2)C2CC2)cc1. The molecule has 1 unspecified atom stereocenters. The highest BCUT2D eigenvalue weighted by atomic mass is 16.5. The molecule has 4 heteroatoms. The van der Waals surface area contributed by atoms with Crippen molar-refractivity contribution in [3.05, 3.63) is 60.2 Å². The number of nitrogens with one attached hydrogen (secondary N) is 1. The molecule has 1 aliphatic rings. The lowest BCUT2D eigenvalue weighted by atomic mass is 9.93. The molecule has 1 saturated carbocycles. The van der Waals surface area contributed by atoms with E-state index in [1.165, 1.54) is 0 Å². The summed E-state index contributed by atoms with van der Waals surface area (Å²) in [6.07, 6.45) is 2.27. The van der Waals surface area contributed by atoms with E-state index in [1.54, 1.807) is 7.11 Å². The topological polar surface area (TPSA) is 47.6 Å². The predicted molar refractivity (Wildman–Crippen MR) is 93.4 cm³/mol. The maximum absolute atomic E-state index is 12.5. The number of carbonyl (C=O) groups is 1. The Bertz CT molecular complexity index is 650. The van der Waals surface area contributed by atoms with Gasteiger partial charge in [0.1, 0.15) is 18.1 Å². The molecule has 0 radical (unpaired) electrons. The second kappa shape index (κ2) is 7.86. The van der Waals surface area contributed by atoms with Gasteiger partial charge in [-0.05, 0) is 48.6 Å². The zero-order chi connectivity index (χ0) is 16.8. The van der Waals surface area contributed by atoms with E-state index >= 15 is 0 Å². The van der Waals surface area contributed by atoms with Gasteiger partial charge in [0.15, 0.2) is 0 Å². The van der Waals surface area contributed by atoms with Crippen LogP contribution in [0.25, 0.3) is 0 Å². The Morgan fingerprint density at radius 1 is 1.08 bits per heavy atom. The Balaban J connectivity index is 1.47. The highest BCUT2D eigenvalue weighted by molar-refractivity contribution is 5.84. The van der Waals surface area contributed by atoms with Crippen LogP contribution in [0.15, 0.2) is 54.6 Å². The van der Waals surface area contributed by atoms with Crippen LogP contribution < -0.4 is 14.8 Å². The molecule has 0 aliphatic heterocycles. The van der Waals surface area contributed by atoms with E-state index in [0.717, 1.165) is 29.9 Å². The quantitative estimate of drug-likeness (QED) is 0.757. The molecule has 0 saturated heterocycles. The van der Waals surface area contributed by atoms with E-state index in [4.69, 9.17) is 9.47 Å². The van der Waals surface area contributed by atoms with E-state index in [-0.39, 0.29) is 11.8 Å². The molecule has 1 aliphatic carbocycles.